The van der Waals surface area contributed by atoms with Gasteiger partial charge in [-0.15, -0.1) is 0 Å². The molecular formula is C19H15NO4. The van der Waals surface area contributed by atoms with Crippen LogP contribution in [0.4, 0.5) is 0 Å². The normalized spacial score (nSPS) is 17.8. The second kappa shape index (κ2) is 5.03. The van der Waals surface area contributed by atoms with Crippen molar-refractivity contribution in [2.45, 2.75) is 24.8 Å². The molecule has 0 bridgehead atoms. The molecular weight excluding hydrogens is 306 g/mol. The lowest BCUT2D eigenvalue weighted by atomic mass is 9.91. The van der Waals surface area contributed by atoms with Crippen molar-refractivity contribution < 1.29 is 19.5 Å². The van der Waals surface area contributed by atoms with Gasteiger partial charge in [0.15, 0.2) is 0 Å². The molecule has 5 nitrogen and oxygen atoms in total. The van der Waals surface area contributed by atoms with Crippen LogP contribution >= 0.6 is 0 Å². The van der Waals surface area contributed by atoms with E-state index >= 15 is 0 Å². The molecule has 2 aromatic rings. The highest BCUT2D eigenvalue weighted by Crippen LogP contribution is 2.49. The number of carbonyl (C=O) groups excluding carboxylic acids is 2. The Kier molecular flexibility index (Phi) is 3.06. The average molecular weight is 321 g/mol. The lowest BCUT2D eigenvalue weighted by Gasteiger charge is -2.20. The SMILES string of the molecule is O=C1c2ccccc2C(=O)N1Cc1ccccc1C1(C(=O)O)CC1. The number of carboxylic acids is 1. The van der Waals surface area contributed by atoms with E-state index in [1.807, 2.05) is 0 Å². The van der Waals surface area contributed by atoms with Crippen LogP contribution in [0.5, 0.6) is 0 Å². The number of amides is 2. The predicted molar refractivity (Wildman–Crippen MR) is 85.6 cm³/mol. The molecule has 0 unspecified atom stereocenters. The first kappa shape index (κ1) is 14.6. The molecule has 4 rings (SSSR count). The first-order valence-corrected chi connectivity index (χ1v) is 7.81. The van der Waals surface area contributed by atoms with Gasteiger partial charge in [-0.05, 0) is 36.1 Å². The van der Waals surface area contributed by atoms with E-state index in [0.717, 1.165) is 0 Å². The van der Waals surface area contributed by atoms with E-state index in [4.69, 9.17) is 0 Å². The quantitative estimate of drug-likeness (QED) is 0.878. The zero-order chi connectivity index (χ0) is 16.9. The molecule has 1 heterocycles. The van der Waals surface area contributed by atoms with Gasteiger partial charge in [0.25, 0.3) is 11.8 Å². The average Bonchev–Trinajstić information content (AvgIpc) is 3.37. The van der Waals surface area contributed by atoms with E-state index in [9.17, 15) is 19.5 Å². The van der Waals surface area contributed by atoms with E-state index in [2.05, 4.69) is 0 Å². The Labute approximate surface area is 138 Å². The fraction of sp³-hybridized carbons (Fsp3) is 0.211. The van der Waals surface area contributed by atoms with Crippen molar-refractivity contribution >= 4 is 17.8 Å². The van der Waals surface area contributed by atoms with Crippen LogP contribution in [-0.4, -0.2) is 27.8 Å². The van der Waals surface area contributed by atoms with E-state index in [1.165, 1.54) is 4.90 Å². The second-order valence-electron chi connectivity index (χ2n) is 6.29. The molecule has 1 fully saturated rings. The summed E-state index contributed by atoms with van der Waals surface area (Å²) in [5.74, 6) is -1.51. The third kappa shape index (κ3) is 1.98. The number of imide groups is 1. The van der Waals surface area contributed by atoms with Gasteiger partial charge >= 0.3 is 5.97 Å². The van der Waals surface area contributed by atoms with Gasteiger partial charge in [0.05, 0.1) is 23.1 Å². The third-order valence-corrected chi connectivity index (χ3v) is 4.90. The first-order valence-electron chi connectivity index (χ1n) is 7.81. The molecule has 0 radical (unpaired) electrons. The Balaban J connectivity index is 1.70. The van der Waals surface area contributed by atoms with E-state index in [1.54, 1.807) is 48.5 Å². The minimum Gasteiger partial charge on any atom is -0.481 e. The van der Waals surface area contributed by atoms with Crippen LogP contribution in [-0.2, 0) is 16.8 Å². The van der Waals surface area contributed by atoms with Gasteiger partial charge in [-0.25, -0.2) is 0 Å². The summed E-state index contributed by atoms with van der Waals surface area (Å²) in [7, 11) is 0. The number of hydrogen-bond donors (Lipinski definition) is 1. The van der Waals surface area contributed by atoms with Gasteiger partial charge in [-0.3, -0.25) is 19.3 Å². The molecule has 2 amide bonds. The topological polar surface area (TPSA) is 74.7 Å². The number of aliphatic carboxylic acids is 1. The number of benzene rings is 2. The van der Waals surface area contributed by atoms with Crippen LogP contribution in [0.1, 0.15) is 44.7 Å². The van der Waals surface area contributed by atoms with E-state index in [0.29, 0.717) is 35.1 Å². The second-order valence-corrected chi connectivity index (χ2v) is 6.29. The van der Waals surface area contributed by atoms with Gasteiger partial charge in [0, 0.05) is 0 Å². The van der Waals surface area contributed by atoms with Crippen molar-refractivity contribution in [1.82, 2.24) is 4.90 Å². The molecule has 1 saturated carbocycles. The lowest BCUT2D eigenvalue weighted by Crippen LogP contribution is -2.31. The molecule has 1 aliphatic heterocycles. The standard InChI is InChI=1S/C19H15NO4/c21-16-13-6-2-3-7-14(13)17(22)20(16)11-12-5-1-4-8-15(12)19(9-10-19)18(23)24/h1-8H,9-11H2,(H,23,24). The number of hydrogen-bond acceptors (Lipinski definition) is 3. The summed E-state index contributed by atoms with van der Waals surface area (Å²) in [6.07, 6.45) is 1.17. The zero-order valence-corrected chi connectivity index (χ0v) is 12.9. The number of nitrogens with zero attached hydrogens (tertiary/aromatic N) is 1. The number of carboxylic acid groups (broad SMARTS) is 1. The number of fused-ring (bicyclic) bond motifs is 1. The van der Waals surface area contributed by atoms with Crippen molar-refractivity contribution in [2.75, 3.05) is 0 Å². The van der Waals surface area contributed by atoms with Gasteiger partial charge in [-0.1, -0.05) is 36.4 Å². The van der Waals surface area contributed by atoms with Crippen LogP contribution in [0.15, 0.2) is 48.5 Å². The van der Waals surface area contributed by atoms with Crippen molar-refractivity contribution in [3.8, 4) is 0 Å². The highest BCUT2D eigenvalue weighted by atomic mass is 16.4. The van der Waals surface area contributed by atoms with Crippen LogP contribution in [0.2, 0.25) is 0 Å². The van der Waals surface area contributed by atoms with Gasteiger partial charge in [-0.2, -0.15) is 0 Å². The summed E-state index contributed by atoms with van der Waals surface area (Å²) >= 11 is 0. The summed E-state index contributed by atoms with van der Waals surface area (Å²) in [6, 6.07) is 13.9. The molecule has 0 spiro atoms. The minimum absolute atomic E-state index is 0.0948. The van der Waals surface area contributed by atoms with Gasteiger partial charge < -0.3 is 5.11 Å². The monoisotopic (exact) mass is 321 g/mol. The van der Waals surface area contributed by atoms with Crippen molar-refractivity contribution in [3.63, 3.8) is 0 Å². The Morgan fingerprint density at radius 1 is 0.958 bits per heavy atom. The summed E-state index contributed by atoms with van der Waals surface area (Å²) in [6.45, 7) is 0.0948. The highest BCUT2D eigenvalue weighted by molar-refractivity contribution is 6.21. The minimum atomic E-state index is -0.866. The van der Waals surface area contributed by atoms with Crippen molar-refractivity contribution in [2.24, 2.45) is 0 Å². The van der Waals surface area contributed by atoms with Crippen molar-refractivity contribution in [3.05, 3.63) is 70.8 Å². The molecule has 0 saturated heterocycles. The van der Waals surface area contributed by atoms with E-state index in [-0.39, 0.29) is 18.4 Å². The number of rotatable bonds is 4. The fourth-order valence-electron chi connectivity index (χ4n) is 3.40. The van der Waals surface area contributed by atoms with Crippen LogP contribution in [0.3, 0.4) is 0 Å². The zero-order valence-electron chi connectivity index (χ0n) is 12.9. The summed E-state index contributed by atoms with van der Waals surface area (Å²) in [5, 5.41) is 9.54. The molecule has 0 aromatic heterocycles. The fourth-order valence-corrected chi connectivity index (χ4v) is 3.40. The molecule has 2 aromatic carbocycles. The molecule has 5 heteroatoms. The molecule has 120 valence electrons. The Morgan fingerprint density at radius 2 is 1.50 bits per heavy atom. The summed E-state index contributed by atoms with van der Waals surface area (Å²) in [5.41, 5.74) is 1.36. The summed E-state index contributed by atoms with van der Waals surface area (Å²) < 4.78 is 0. The maximum atomic E-state index is 12.5. The first-order chi connectivity index (χ1) is 11.5. The molecule has 1 N–H and O–H groups in total. The highest BCUT2D eigenvalue weighted by Gasteiger charge is 2.53. The van der Waals surface area contributed by atoms with Crippen LogP contribution < -0.4 is 0 Å². The third-order valence-electron chi connectivity index (χ3n) is 4.90. The van der Waals surface area contributed by atoms with E-state index < -0.39 is 11.4 Å². The molecule has 0 atom stereocenters. The Hall–Kier alpha value is -2.95. The molecule has 1 aliphatic carbocycles. The van der Waals surface area contributed by atoms with Gasteiger partial charge in [0.1, 0.15) is 0 Å². The smallest absolute Gasteiger partial charge is 0.314 e. The van der Waals surface area contributed by atoms with Crippen LogP contribution in [0.25, 0.3) is 0 Å². The Bertz CT molecular complexity index is 847. The lowest BCUT2D eigenvalue weighted by molar-refractivity contribution is -0.140. The molecule has 2 aliphatic rings. The molecule has 24 heavy (non-hydrogen) atoms. The largest absolute Gasteiger partial charge is 0.481 e. The summed E-state index contributed by atoms with van der Waals surface area (Å²) in [4.78, 5) is 37.9. The van der Waals surface area contributed by atoms with Gasteiger partial charge in [0.2, 0.25) is 0 Å². The predicted octanol–water partition coefficient (Wildman–Crippen LogP) is 2.60. The maximum Gasteiger partial charge on any atom is 0.314 e. The van der Waals surface area contributed by atoms with Crippen molar-refractivity contribution in [1.29, 1.82) is 0 Å². The number of carbonyl (C=O) groups is 3. The Morgan fingerprint density at radius 3 is 2.04 bits per heavy atom. The van der Waals surface area contributed by atoms with Crippen LogP contribution in [0, 0.1) is 0 Å². The maximum absolute atomic E-state index is 12.5.